The van der Waals surface area contributed by atoms with Crippen LogP contribution < -0.4 is 16.1 Å². The first kappa shape index (κ1) is 18.9. The lowest BCUT2D eigenvalue weighted by Crippen LogP contribution is -2.32. The predicted molar refractivity (Wildman–Crippen MR) is 107 cm³/mol. The molecule has 2 aliphatic rings. The summed E-state index contributed by atoms with van der Waals surface area (Å²) in [4.78, 5) is 26.5. The number of hydrogen-bond acceptors (Lipinski definition) is 4. The van der Waals surface area contributed by atoms with Gasteiger partial charge in [-0.25, -0.2) is 9.18 Å². The highest BCUT2D eigenvalue weighted by molar-refractivity contribution is 5.97. The van der Waals surface area contributed by atoms with Crippen LogP contribution in [0.4, 0.5) is 10.1 Å². The van der Waals surface area contributed by atoms with E-state index in [0.29, 0.717) is 36.4 Å². The summed E-state index contributed by atoms with van der Waals surface area (Å²) in [5.74, 6) is -1.71. The summed E-state index contributed by atoms with van der Waals surface area (Å²) in [7, 11) is 0. The van der Waals surface area contributed by atoms with Crippen molar-refractivity contribution >= 4 is 22.6 Å². The van der Waals surface area contributed by atoms with Gasteiger partial charge in [-0.2, -0.15) is 0 Å². The molecule has 2 heterocycles. The Kier molecular flexibility index (Phi) is 4.26. The molecule has 0 amide bonds. The number of aromatic nitrogens is 1. The van der Waals surface area contributed by atoms with Crippen LogP contribution in [0.15, 0.2) is 11.0 Å². The monoisotopic (exact) mass is 387 g/mol. The fraction of sp³-hybridized carbons (Fsp3) is 0.524. The number of nitrogens with two attached hydrogens (primary N) is 1. The number of aryl methyl sites for hydroxylation is 2. The van der Waals surface area contributed by atoms with Gasteiger partial charge in [0.15, 0.2) is 5.82 Å². The van der Waals surface area contributed by atoms with Crippen molar-refractivity contribution in [1.82, 2.24) is 4.57 Å². The van der Waals surface area contributed by atoms with Crippen LogP contribution in [0, 0.1) is 25.1 Å². The minimum absolute atomic E-state index is 0.0644. The third-order valence-corrected chi connectivity index (χ3v) is 6.39. The van der Waals surface area contributed by atoms with E-state index in [1.54, 1.807) is 6.92 Å². The molecule has 1 atom stereocenters. The van der Waals surface area contributed by atoms with Crippen LogP contribution >= 0.6 is 0 Å². The van der Waals surface area contributed by atoms with Gasteiger partial charge in [-0.05, 0) is 50.6 Å². The normalized spacial score (nSPS) is 22.2. The zero-order valence-electron chi connectivity index (χ0n) is 16.5. The van der Waals surface area contributed by atoms with Crippen molar-refractivity contribution < 1.29 is 14.3 Å². The van der Waals surface area contributed by atoms with Crippen molar-refractivity contribution in [2.45, 2.75) is 46.1 Å². The molecule has 1 aromatic carbocycles. The number of halogens is 1. The quantitative estimate of drug-likeness (QED) is 0.842. The number of aromatic carboxylic acids is 1. The third-order valence-electron chi connectivity index (χ3n) is 6.39. The molecule has 1 aromatic heterocycles. The molecule has 0 radical (unpaired) electrons. The molecule has 7 heteroatoms. The number of carbonyl (C=O) groups is 1. The average molecular weight is 387 g/mol. The predicted octanol–water partition coefficient (Wildman–Crippen LogP) is 2.97. The Morgan fingerprint density at radius 2 is 2.04 bits per heavy atom. The summed E-state index contributed by atoms with van der Waals surface area (Å²) in [5, 5.41) is 9.65. The van der Waals surface area contributed by atoms with Crippen molar-refractivity contribution in [3.63, 3.8) is 0 Å². The molecular formula is C21H26FN3O3. The van der Waals surface area contributed by atoms with E-state index < -0.39 is 17.2 Å². The maximum atomic E-state index is 15.5. The Morgan fingerprint density at radius 3 is 2.57 bits per heavy atom. The Morgan fingerprint density at radius 1 is 1.36 bits per heavy atom. The number of carboxylic acid groups (broad SMARTS) is 1. The lowest BCUT2D eigenvalue weighted by atomic mass is 9.90. The number of benzene rings is 1. The zero-order chi connectivity index (χ0) is 20.4. The van der Waals surface area contributed by atoms with Gasteiger partial charge in [-0.3, -0.25) is 4.79 Å². The van der Waals surface area contributed by atoms with E-state index in [1.807, 2.05) is 16.4 Å². The maximum absolute atomic E-state index is 15.5. The second-order valence-corrected chi connectivity index (χ2v) is 8.64. The summed E-state index contributed by atoms with van der Waals surface area (Å²) < 4.78 is 17.4. The highest BCUT2D eigenvalue weighted by atomic mass is 19.1. The molecule has 0 spiro atoms. The van der Waals surface area contributed by atoms with Gasteiger partial charge < -0.3 is 20.3 Å². The lowest BCUT2D eigenvalue weighted by molar-refractivity contribution is 0.0695. The number of fused-ring (bicyclic) bond motifs is 1. The molecule has 1 saturated heterocycles. The minimum atomic E-state index is -1.28. The number of pyridine rings is 1. The van der Waals surface area contributed by atoms with Gasteiger partial charge in [-0.1, -0.05) is 6.92 Å². The highest BCUT2D eigenvalue weighted by Crippen LogP contribution is 2.43. The summed E-state index contributed by atoms with van der Waals surface area (Å²) in [6.07, 6.45) is 4.17. The van der Waals surface area contributed by atoms with E-state index in [2.05, 4.69) is 6.92 Å². The van der Waals surface area contributed by atoms with Crippen LogP contribution in [0.3, 0.4) is 0 Å². The fourth-order valence-corrected chi connectivity index (χ4v) is 4.48. The second-order valence-electron chi connectivity index (χ2n) is 8.64. The van der Waals surface area contributed by atoms with Crippen molar-refractivity contribution in [2.75, 3.05) is 24.5 Å². The van der Waals surface area contributed by atoms with E-state index in [9.17, 15) is 14.7 Å². The smallest absolute Gasteiger partial charge is 0.341 e. The number of anilines is 1. The number of nitrogens with zero attached hydrogens (tertiary/aromatic N) is 2. The Hall–Kier alpha value is -2.41. The first-order valence-electron chi connectivity index (χ1n) is 9.74. The molecule has 28 heavy (non-hydrogen) atoms. The van der Waals surface area contributed by atoms with Gasteiger partial charge in [-0.15, -0.1) is 0 Å². The Balaban J connectivity index is 2.03. The molecule has 6 nitrogen and oxygen atoms in total. The molecule has 1 aliphatic heterocycles. The van der Waals surface area contributed by atoms with Crippen LogP contribution in [-0.4, -0.2) is 35.3 Å². The van der Waals surface area contributed by atoms with Crippen molar-refractivity contribution in [3.05, 3.63) is 38.9 Å². The van der Waals surface area contributed by atoms with Crippen LogP contribution in [-0.2, 0) is 0 Å². The van der Waals surface area contributed by atoms with E-state index in [1.165, 1.54) is 6.20 Å². The standard InChI is InChI=1S/C21H26FN3O3/c1-11-15-17(25(13-4-5-13)8-14(19(15)26)20(27)28)12(2)18(16(11)22)24-7-6-21(3,9-23)10-24/h8,13H,4-7,9-10,23H2,1-3H3,(H,27,28). The number of carboxylic acids is 1. The Labute approximate surface area is 162 Å². The van der Waals surface area contributed by atoms with E-state index in [0.717, 1.165) is 19.3 Å². The van der Waals surface area contributed by atoms with Crippen LogP contribution in [0.25, 0.3) is 10.9 Å². The van der Waals surface area contributed by atoms with Gasteiger partial charge in [0.1, 0.15) is 5.56 Å². The van der Waals surface area contributed by atoms with Gasteiger partial charge in [0.2, 0.25) is 5.43 Å². The molecule has 1 unspecified atom stereocenters. The second kappa shape index (κ2) is 6.30. The fourth-order valence-electron chi connectivity index (χ4n) is 4.48. The van der Waals surface area contributed by atoms with Crippen molar-refractivity contribution in [2.24, 2.45) is 11.1 Å². The number of hydrogen-bond donors (Lipinski definition) is 2. The topological polar surface area (TPSA) is 88.6 Å². The Bertz CT molecular complexity index is 1060. The molecule has 0 bridgehead atoms. The summed E-state index contributed by atoms with van der Waals surface area (Å²) in [5.41, 5.74) is 7.03. The van der Waals surface area contributed by atoms with E-state index in [-0.39, 0.29) is 28.0 Å². The molecule has 4 rings (SSSR count). The maximum Gasteiger partial charge on any atom is 0.341 e. The largest absolute Gasteiger partial charge is 0.477 e. The van der Waals surface area contributed by atoms with Gasteiger partial charge in [0.05, 0.1) is 16.6 Å². The van der Waals surface area contributed by atoms with Crippen LogP contribution in [0.1, 0.15) is 53.7 Å². The van der Waals surface area contributed by atoms with E-state index in [4.69, 9.17) is 5.73 Å². The molecule has 1 aliphatic carbocycles. The molecule has 2 aromatic rings. The van der Waals surface area contributed by atoms with Crippen molar-refractivity contribution in [3.8, 4) is 0 Å². The summed E-state index contributed by atoms with van der Waals surface area (Å²) in [6.45, 7) is 7.41. The van der Waals surface area contributed by atoms with Gasteiger partial charge in [0, 0.05) is 30.9 Å². The zero-order valence-corrected chi connectivity index (χ0v) is 16.5. The number of rotatable bonds is 4. The first-order chi connectivity index (χ1) is 13.2. The first-order valence-corrected chi connectivity index (χ1v) is 9.74. The lowest BCUT2D eigenvalue weighted by Gasteiger charge is -2.27. The van der Waals surface area contributed by atoms with Gasteiger partial charge >= 0.3 is 5.97 Å². The average Bonchev–Trinajstić information content (AvgIpc) is 3.42. The van der Waals surface area contributed by atoms with E-state index >= 15 is 4.39 Å². The summed E-state index contributed by atoms with van der Waals surface area (Å²) >= 11 is 0. The van der Waals surface area contributed by atoms with Gasteiger partial charge in [0.25, 0.3) is 0 Å². The minimum Gasteiger partial charge on any atom is -0.477 e. The third kappa shape index (κ3) is 2.71. The summed E-state index contributed by atoms with van der Waals surface area (Å²) in [6, 6.07) is 0.158. The molecule has 2 fully saturated rings. The highest BCUT2D eigenvalue weighted by Gasteiger charge is 2.36. The van der Waals surface area contributed by atoms with Crippen molar-refractivity contribution in [1.29, 1.82) is 0 Å². The molecular weight excluding hydrogens is 361 g/mol. The van der Waals surface area contributed by atoms with Crippen LogP contribution in [0.5, 0.6) is 0 Å². The molecule has 1 saturated carbocycles. The SMILES string of the molecule is Cc1c(F)c(N2CCC(C)(CN)C2)c(C)c2c1c(=O)c(C(=O)O)cn2C1CC1. The van der Waals surface area contributed by atoms with Crippen LogP contribution in [0.2, 0.25) is 0 Å². The molecule has 150 valence electrons. The molecule has 3 N–H and O–H groups in total.